The first-order valence-electron chi connectivity index (χ1n) is 18.0. The van der Waals surface area contributed by atoms with Gasteiger partial charge < -0.3 is 38.9 Å². The van der Waals surface area contributed by atoms with Gasteiger partial charge in [0.25, 0.3) is 8.32 Å². The quantitative estimate of drug-likeness (QED) is 0.111. The second-order valence-corrected chi connectivity index (χ2v) is 19.6. The third-order valence-corrected chi connectivity index (χ3v) is 15.4. The highest BCUT2D eigenvalue weighted by Gasteiger charge is 2.51. The first-order valence-corrected chi connectivity index (χ1v) is 19.9. The van der Waals surface area contributed by atoms with Gasteiger partial charge in [0.05, 0.1) is 37.1 Å². The Balaban J connectivity index is 1.91. The lowest BCUT2D eigenvalue weighted by Crippen LogP contribution is -2.65. The van der Waals surface area contributed by atoms with Crippen LogP contribution in [0.3, 0.4) is 0 Å². The molecule has 10 atom stereocenters. The van der Waals surface area contributed by atoms with Gasteiger partial charge in [-0.3, -0.25) is 0 Å². The van der Waals surface area contributed by atoms with Gasteiger partial charge in [-0.15, -0.1) is 6.58 Å². The number of aliphatic hydroxyl groups is 2. The molecule has 0 bridgehead atoms. The van der Waals surface area contributed by atoms with E-state index in [0.717, 1.165) is 23.2 Å². The van der Waals surface area contributed by atoms with Crippen LogP contribution in [0, 0.1) is 17.8 Å². The number of nitrogens with zero attached hydrogens (tertiary/aromatic N) is 1. The summed E-state index contributed by atoms with van der Waals surface area (Å²) in [4.78, 5) is 27.0. The van der Waals surface area contributed by atoms with E-state index in [1.165, 1.54) is 7.11 Å². The number of ether oxygens (including phenoxy) is 4. The van der Waals surface area contributed by atoms with Crippen molar-refractivity contribution in [2.75, 3.05) is 21.2 Å². The molecule has 280 valence electrons. The molecule has 1 saturated heterocycles. The number of carbonyl (C=O) groups excluding carboxylic acids is 1. The van der Waals surface area contributed by atoms with Gasteiger partial charge in [-0.2, -0.15) is 0 Å². The monoisotopic (exact) mass is 713 g/mol. The molecule has 1 heterocycles. The minimum absolute atomic E-state index is 0.0178. The molecule has 3 rings (SSSR count). The molecule has 0 aromatic heterocycles. The smallest absolute Gasteiger partial charge is 0.438 e. The SMILES string of the molecule is C=C[C@H](C)[C@@H](O)[C@H](C)C(O[C@@H]1O[C@H](C)C[C@H](N(C)C)[C@H]1OC(=O)OC)[C@](C)(O)C[C@@H](C)CCC(C)(C)[Si](O)(c1ccccc1)c1ccccc1. The molecule has 1 fully saturated rings. The Hall–Kier alpha value is -2.57. The van der Waals surface area contributed by atoms with Crippen LogP contribution in [0.1, 0.15) is 74.1 Å². The number of hydrogen-bond acceptors (Lipinski definition) is 9. The van der Waals surface area contributed by atoms with E-state index in [1.54, 1.807) is 13.0 Å². The molecule has 0 aliphatic carbocycles. The molecule has 0 spiro atoms. The highest BCUT2D eigenvalue weighted by molar-refractivity contribution is 6.98. The zero-order chi connectivity index (χ0) is 37.4. The van der Waals surface area contributed by atoms with Gasteiger partial charge in [0.2, 0.25) is 0 Å². The average Bonchev–Trinajstić information content (AvgIpc) is 3.09. The highest BCUT2D eigenvalue weighted by Crippen LogP contribution is 2.43. The Morgan fingerprint density at radius 3 is 2.08 bits per heavy atom. The zero-order valence-electron chi connectivity index (χ0n) is 31.9. The maximum absolute atomic E-state index is 12.7. The van der Waals surface area contributed by atoms with Crippen molar-refractivity contribution in [2.24, 2.45) is 17.8 Å². The predicted octanol–water partition coefficient (Wildman–Crippen LogP) is 5.50. The zero-order valence-corrected chi connectivity index (χ0v) is 32.9. The molecule has 3 N–H and O–H groups in total. The van der Waals surface area contributed by atoms with E-state index < -0.39 is 55.6 Å². The number of methoxy groups -OCH3 is 1. The number of likely N-dealkylation sites (N-methyl/N-ethyl adjacent to an activating group) is 1. The van der Waals surface area contributed by atoms with Crippen molar-refractivity contribution in [3.05, 3.63) is 73.3 Å². The Morgan fingerprint density at radius 2 is 1.60 bits per heavy atom. The van der Waals surface area contributed by atoms with Crippen LogP contribution < -0.4 is 10.4 Å². The van der Waals surface area contributed by atoms with Crippen LogP contribution in [0.4, 0.5) is 4.79 Å². The third-order valence-electron chi connectivity index (χ3n) is 10.9. The fraction of sp³-hybridized carbons (Fsp3) is 0.625. The van der Waals surface area contributed by atoms with E-state index in [1.807, 2.05) is 100 Å². The lowest BCUT2D eigenvalue weighted by atomic mass is 9.77. The standard InChI is InChI=1S/C40H63NO8Si/c1-12-28(3)34(42)30(5)36(49-37-35(48-38(43)46-11)33(41(9)10)25-29(4)47-37)40(8,44)26-27(2)23-24-39(6,7)50(45,31-19-15-13-16-20-31)32-21-17-14-18-22-32/h12-22,27-30,33-37,42,44-45H,1,23-26H2,2-11H3/t27-,28-,29+,30-,33-,34+,35+,36?,37-,40+/m0/s1. The molecule has 1 aliphatic heterocycles. The van der Waals surface area contributed by atoms with Crippen molar-refractivity contribution >= 4 is 24.8 Å². The van der Waals surface area contributed by atoms with Crippen molar-refractivity contribution < 1.29 is 38.8 Å². The molecule has 1 unspecified atom stereocenters. The van der Waals surface area contributed by atoms with Gasteiger partial charge in [-0.05, 0) is 68.5 Å². The fourth-order valence-electron chi connectivity index (χ4n) is 7.72. The van der Waals surface area contributed by atoms with E-state index in [0.29, 0.717) is 12.8 Å². The summed E-state index contributed by atoms with van der Waals surface area (Å²) in [7, 11) is 1.86. The molecular formula is C40H63NO8Si. The van der Waals surface area contributed by atoms with Crippen LogP contribution in [0.2, 0.25) is 5.04 Å². The summed E-state index contributed by atoms with van der Waals surface area (Å²) in [6, 6.07) is 19.7. The molecule has 0 saturated carbocycles. The second kappa shape index (κ2) is 17.8. The Bertz CT molecular complexity index is 1300. The third kappa shape index (κ3) is 9.85. The van der Waals surface area contributed by atoms with Gasteiger partial charge in [-0.25, -0.2) is 4.79 Å². The molecule has 9 nitrogen and oxygen atoms in total. The normalized spacial score (nSPS) is 24.4. The summed E-state index contributed by atoms with van der Waals surface area (Å²) in [5.74, 6) is -0.802. The van der Waals surface area contributed by atoms with E-state index in [-0.39, 0.29) is 24.0 Å². The van der Waals surface area contributed by atoms with Crippen molar-refractivity contribution in [3.8, 4) is 0 Å². The van der Waals surface area contributed by atoms with Crippen molar-refractivity contribution in [3.63, 3.8) is 0 Å². The van der Waals surface area contributed by atoms with Crippen LogP contribution in [-0.2, 0) is 18.9 Å². The molecule has 0 amide bonds. The molecule has 50 heavy (non-hydrogen) atoms. The van der Waals surface area contributed by atoms with Gasteiger partial charge >= 0.3 is 6.16 Å². The first kappa shape index (κ1) is 41.8. The lowest BCUT2D eigenvalue weighted by Gasteiger charge is -2.47. The van der Waals surface area contributed by atoms with Crippen molar-refractivity contribution in [1.82, 2.24) is 4.90 Å². The van der Waals surface area contributed by atoms with Gasteiger partial charge in [0, 0.05) is 11.8 Å². The number of benzene rings is 2. The molecule has 0 radical (unpaired) electrons. The summed E-state index contributed by atoms with van der Waals surface area (Å²) >= 11 is 0. The number of hydrogen-bond donors (Lipinski definition) is 3. The Morgan fingerprint density at radius 1 is 1.06 bits per heavy atom. The van der Waals surface area contributed by atoms with Crippen molar-refractivity contribution in [1.29, 1.82) is 0 Å². The van der Waals surface area contributed by atoms with Gasteiger partial charge in [0.1, 0.15) is 0 Å². The number of aliphatic hydroxyl groups excluding tert-OH is 1. The van der Waals surface area contributed by atoms with Crippen LogP contribution in [0.5, 0.6) is 0 Å². The molecular weight excluding hydrogens is 651 g/mol. The van der Waals surface area contributed by atoms with E-state index >= 15 is 0 Å². The molecule has 2 aromatic carbocycles. The topological polar surface area (TPSA) is 118 Å². The summed E-state index contributed by atoms with van der Waals surface area (Å²) in [5, 5.41) is 25.2. The first-order chi connectivity index (χ1) is 23.4. The predicted molar refractivity (Wildman–Crippen MR) is 201 cm³/mol. The van der Waals surface area contributed by atoms with Crippen molar-refractivity contribution in [2.45, 2.75) is 122 Å². The van der Waals surface area contributed by atoms with Crippen LogP contribution in [0.15, 0.2) is 73.3 Å². The van der Waals surface area contributed by atoms with Crippen LogP contribution in [0.25, 0.3) is 0 Å². The Kier molecular flexibility index (Phi) is 14.9. The molecule has 2 aromatic rings. The second-order valence-electron chi connectivity index (χ2n) is 15.7. The van der Waals surface area contributed by atoms with Gasteiger partial charge in [0.15, 0.2) is 12.4 Å². The van der Waals surface area contributed by atoms with Gasteiger partial charge in [-0.1, -0.05) is 108 Å². The van der Waals surface area contributed by atoms with E-state index in [9.17, 15) is 19.8 Å². The summed E-state index contributed by atoms with van der Waals surface area (Å²) < 4.78 is 23.5. The van der Waals surface area contributed by atoms with Crippen LogP contribution >= 0.6 is 0 Å². The van der Waals surface area contributed by atoms with Crippen LogP contribution in [-0.4, -0.2) is 97.9 Å². The van der Waals surface area contributed by atoms with E-state index in [2.05, 4.69) is 27.4 Å². The highest BCUT2D eigenvalue weighted by atomic mass is 28.4. The summed E-state index contributed by atoms with van der Waals surface area (Å²) in [5.41, 5.74) is -1.43. The minimum atomic E-state index is -3.20. The largest absolute Gasteiger partial charge is 0.508 e. The fourth-order valence-corrected chi connectivity index (χ4v) is 11.5. The maximum atomic E-state index is 12.7. The minimum Gasteiger partial charge on any atom is -0.438 e. The lowest BCUT2D eigenvalue weighted by molar-refractivity contribution is -0.299. The summed E-state index contributed by atoms with van der Waals surface area (Å²) in [6.45, 7) is 17.7. The number of carbonyl (C=O) groups is 1. The summed E-state index contributed by atoms with van der Waals surface area (Å²) in [6.07, 6.45) is -0.632. The maximum Gasteiger partial charge on any atom is 0.508 e. The molecule has 1 aliphatic rings. The average molecular weight is 714 g/mol. The Labute approximate surface area is 301 Å². The number of rotatable bonds is 17. The molecule has 10 heteroatoms. The van der Waals surface area contributed by atoms with E-state index in [4.69, 9.17) is 18.9 Å².